The van der Waals surface area contributed by atoms with Crippen molar-refractivity contribution in [2.24, 2.45) is 0 Å². The Balaban J connectivity index is 1.31. The number of nitrogens with one attached hydrogen (secondary N) is 1. The summed E-state index contributed by atoms with van der Waals surface area (Å²) in [6, 6.07) is 25.1. The molecule has 0 amide bonds. The van der Waals surface area contributed by atoms with Crippen molar-refractivity contribution in [2.45, 2.75) is 25.4 Å². The fourth-order valence-electron chi connectivity index (χ4n) is 3.80. The Morgan fingerprint density at radius 1 is 0.933 bits per heavy atom. The van der Waals surface area contributed by atoms with Crippen LogP contribution in [0.5, 0.6) is 11.5 Å². The lowest BCUT2D eigenvalue weighted by atomic mass is 10.0. The molecule has 6 nitrogen and oxygen atoms in total. The van der Waals surface area contributed by atoms with Crippen LogP contribution in [0.1, 0.15) is 18.4 Å². The van der Waals surface area contributed by atoms with Crippen molar-refractivity contribution < 1.29 is 9.66 Å². The second-order valence-electron chi connectivity index (χ2n) is 7.53. The summed E-state index contributed by atoms with van der Waals surface area (Å²) in [6.07, 6.45) is 1.90. The highest BCUT2D eigenvalue weighted by Gasteiger charge is 2.22. The molecule has 3 aromatic rings. The molecule has 3 aromatic carbocycles. The van der Waals surface area contributed by atoms with Crippen LogP contribution in [0.3, 0.4) is 0 Å². The Morgan fingerprint density at radius 2 is 1.63 bits per heavy atom. The van der Waals surface area contributed by atoms with Gasteiger partial charge in [0.05, 0.1) is 4.92 Å². The molecule has 1 aliphatic heterocycles. The first-order chi connectivity index (χ1) is 14.7. The lowest BCUT2D eigenvalue weighted by Crippen LogP contribution is -2.38. The van der Waals surface area contributed by atoms with Crippen LogP contribution in [0, 0.1) is 10.1 Å². The standard InChI is InChI=1S/C24H25N3O3/c28-27(29)24-12-5-4-11-23(24)25-20-13-15-26(16-14-20)18-19-7-6-10-22(17-19)30-21-8-2-1-3-9-21/h1-12,17,20,25H,13-16,18H2. The average Bonchev–Trinajstić information content (AvgIpc) is 2.76. The molecule has 0 unspecified atom stereocenters. The van der Waals surface area contributed by atoms with E-state index in [1.165, 1.54) is 5.56 Å². The first kappa shape index (κ1) is 19.9. The minimum absolute atomic E-state index is 0.134. The summed E-state index contributed by atoms with van der Waals surface area (Å²) in [4.78, 5) is 13.3. The van der Waals surface area contributed by atoms with Crippen LogP contribution in [-0.4, -0.2) is 29.0 Å². The molecule has 1 fully saturated rings. The quantitative estimate of drug-likeness (QED) is 0.419. The van der Waals surface area contributed by atoms with Gasteiger partial charge in [-0.1, -0.05) is 42.5 Å². The number of nitro benzene ring substituents is 1. The smallest absolute Gasteiger partial charge is 0.292 e. The maximum atomic E-state index is 11.2. The van der Waals surface area contributed by atoms with Crippen molar-refractivity contribution in [3.63, 3.8) is 0 Å². The molecule has 30 heavy (non-hydrogen) atoms. The third-order valence-electron chi connectivity index (χ3n) is 5.33. The number of likely N-dealkylation sites (tertiary alicyclic amines) is 1. The van der Waals surface area contributed by atoms with Crippen LogP contribution in [0.4, 0.5) is 11.4 Å². The number of hydrogen-bond donors (Lipinski definition) is 1. The number of ether oxygens (including phenoxy) is 1. The number of hydrogen-bond acceptors (Lipinski definition) is 5. The maximum absolute atomic E-state index is 11.2. The third kappa shape index (κ3) is 5.15. The van der Waals surface area contributed by atoms with Crippen LogP contribution >= 0.6 is 0 Å². The highest BCUT2D eigenvalue weighted by Crippen LogP contribution is 2.27. The average molecular weight is 403 g/mol. The first-order valence-electron chi connectivity index (χ1n) is 10.2. The van der Waals surface area contributed by atoms with Crippen LogP contribution in [0.25, 0.3) is 0 Å². The normalized spacial score (nSPS) is 14.9. The third-order valence-corrected chi connectivity index (χ3v) is 5.33. The van der Waals surface area contributed by atoms with Gasteiger partial charge in [0.1, 0.15) is 17.2 Å². The van der Waals surface area contributed by atoms with E-state index in [0.717, 1.165) is 44.0 Å². The van der Waals surface area contributed by atoms with E-state index in [1.54, 1.807) is 18.2 Å². The zero-order valence-electron chi connectivity index (χ0n) is 16.7. The Kier molecular flexibility index (Phi) is 6.25. The largest absolute Gasteiger partial charge is 0.457 e. The molecule has 1 heterocycles. The van der Waals surface area contributed by atoms with Gasteiger partial charge in [-0.05, 0) is 48.7 Å². The van der Waals surface area contributed by atoms with Gasteiger partial charge >= 0.3 is 0 Å². The number of piperidine rings is 1. The minimum Gasteiger partial charge on any atom is -0.457 e. The zero-order valence-corrected chi connectivity index (χ0v) is 16.7. The maximum Gasteiger partial charge on any atom is 0.292 e. The highest BCUT2D eigenvalue weighted by molar-refractivity contribution is 5.61. The summed E-state index contributed by atoms with van der Waals surface area (Å²) in [5.74, 6) is 1.67. The first-order valence-corrected chi connectivity index (χ1v) is 10.2. The van der Waals surface area contributed by atoms with Gasteiger partial charge in [0.15, 0.2) is 0 Å². The predicted molar refractivity (Wildman–Crippen MR) is 118 cm³/mol. The fourth-order valence-corrected chi connectivity index (χ4v) is 3.80. The number of nitrogens with zero attached hydrogens (tertiary/aromatic N) is 2. The molecule has 4 rings (SSSR count). The lowest BCUT2D eigenvalue weighted by Gasteiger charge is -2.32. The van der Waals surface area contributed by atoms with Gasteiger partial charge in [-0.25, -0.2) is 0 Å². The number of rotatable bonds is 7. The van der Waals surface area contributed by atoms with Crippen LogP contribution in [0.2, 0.25) is 0 Å². The van der Waals surface area contributed by atoms with Crippen molar-refractivity contribution in [1.82, 2.24) is 4.90 Å². The van der Waals surface area contributed by atoms with E-state index in [0.29, 0.717) is 5.69 Å². The Bertz CT molecular complexity index is 986. The monoisotopic (exact) mass is 403 g/mol. The van der Waals surface area contributed by atoms with E-state index in [9.17, 15) is 10.1 Å². The van der Waals surface area contributed by atoms with E-state index in [2.05, 4.69) is 22.3 Å². The van der Waals surface area contributed by atoms with Crippen LogP contribution in [0.15, 0.2) is 78.9 Å². The topological polar surface area (TPSA) is 67.6 Å². The molecule has 0 spiro atoms. The van der Waals surface area contributed by atoms with Crippen molar-refractivity contribution in [1.29, 1.82) is 0 Å². The van der Waals surface area contributed by atoms with Gasteiger partial charge in [0, 0.05) is 31.7 Å². The van der Waals surface area contributed by atoms with E-state index >= 15 is 0 Å². The summed E-state index contributed by atoms with van der Waals surface area (Å²) in [5, 5.41) is 14.6. The molecular weight excluding hydrogens is 378 g/mol. The summed E-state index contributed by atoms with van der Waals surface area (Å²) >= 11 is 0. The van der Waals surface area contributed by atoms with E-state index in [4.69, 9.17) is 4.74 Å². The molecule has 0 aromatic heterocycles. The Morgan fingerprint density at radius 3 is 2.40 bits per heavy atom. The molecule has 6 heteroatoms. The van der Waals surface area contributed by atoms with Crippen molar-refractivity contribution in [3.05, 3.63) is 94.5 Å². The molecule has 0 atom stereocenters. The molecule has 0 bridgehead atoms. The molecule has 1 saturated heterocycles. The number of anilines is 1. The number of benzene rings is 3. The van der Waals surface area contributed by atoms with Gasteiger partial charge in [-0.2, -0.15) is 0 Å². The predicted octanol–water partition coefficient (Wildman–Crippen LogP) is 5.46. The lowest BCUT2D eigenvalue weighted by molar-refractivity contribution is -0.384. The van der Waals surface area contributed by atoms with Gasteiger partial charge in [0.2, 0.25) is 0 Å². The number of para-hydroxylation sites is 3. The zero-order chi connectivity index (χ0) is 20.8. The molecule has 0 saturated carbocycles. The van der Waals surface area contributed by atoms with Crippen LogP contribution in [-0.2, 0) is 6.54 Å². The number of nitro groups is 1. The molecule has 154 valence electrons. The summed E-state index contributed by atoms with van der Waals surface area (Å²) < 4.78 is 5.94. The van der Waals surface area contributed by atoms with E-state index < -0.39 is 0 Å². The fraction of sp³-hybridized carbons (Fsp3) is 0.250. The van der Waals surface area contributed by atoms with Gasteiger partial charge in [-0.3, -0.25) is 15.0 Å². The van der Waals surface area contributed by atoms with Crippen molar-refractivity contribution in [3.8, 4) is 11.5 Å². The summed E-state index contributed by atoms with van der Waals surface area (Å²) in [7, 11) is 0. The van der Waals surface area contributed by atoms with Gasteiger partial charge in [0.25, 0.3) is 5.69 Å². The van der Waals surface area contributed by atoms with Gasteiger partial charge < -0.3 is 10.1 Å². The van der Waals surface area contributed by atoms with Gasteiger partial charge in [-0.15, -0.1) is 0 Å². The second-order valence-corrected chi connectivity index (χ2v) is 7.53. The Hall–Kier alpha value is -3.38. The molecule has 0 aliphatic carbocycles. The van der Waals surface area contributed by atoms with E-state index in [-0.39, 0.29) is 16.7 Å². The van der Waals surface area contributed by atoms with Crippen LogP contribution < -0.4 is 10.1 Å². The highest BCUT2D eigenvalue weighted by atomic mass is 16.6. The SMILES string of the molecule is O=[N+]([O-])c1ccccc1NC1CCN(Cc2cccc(Oc3ccccc3)c2)CC1. The van der Waals surface area contributed by atoms with Crippen molar-refractivity contribution in [2.75, 3.05) is 18.4 Å². The molecule has 1 N–H and O–H groups in total. The minimum atomic E-state index is -0.331. The van der Waals surface area contributed by atoms with E-state index in [1.807, 2.05) is 48.5 Å². The summed E-state index contributed by atoms with van der Waals surface area (Å²) in [5.41, 5.74) is 1.95. The summed E-state index contributed by atoms with van der Waals surface area (Å²) in [6.45, 7) is 2.76. The molecular formula is C24H25N3O3. The molecule has 0 radical (unpaired) electrons. The Labute approximate surface area is 176 Å². The second kappa shape index (κ2) is 9.41. The molecule has 1 aliphatic rings. The van der Waals surface area contributed by atoms with Crippen molar-refractivity contribution >= 4 is 11.4 Å².